The van der Waals surface area contributed by atoms with Crippen molar-refractivity contribution in [3.8, 4) is 17.2 Å². The molecule has 12 nitrogen and oxygen atoms in total. The fraction of sp³-hybridized carbons (Fsp3) is 0.214. The zero-order valence-electron chi connectivity index (χ0n) is 32.4. The van der Waals surface area contributed by atoms with E-state index in [9.17, 15) is 42.9 Å². The Morgan fingerprint density at radius 3 is 1.45 bits per heavy atom. The van der Waals surface area contributed by atoms with Gasteiger partial charge in [-0.3, -0.25) is 0 Å². The lowest BCUT2D eigenvalue weighted by Gasteiger charge is -2.21. The van der Waals surface area contributed by atoms with Crippen LogP contribution in [-0.2, 0) is 12.7 Å². The Bertz CT molecular complexity index is 2300. The molecular weight excluding hydrogens is 919 g/mol. The largest absolute Gasteiger partial charge is 0.504 e. The molecule has 1 saturated carbocycles. The van der Waals surface area contributed by atoms with Crippen LogP contribution >= 0.6 is 58.0 Å². The van der Waals surface area contributed by atoms with E-state index >= 15 is 0 Å². The Morgan fingerprint density at radius 1 is 0.565 bits per heavy atom. The first-order chi connectivity index (χ1) is 29.4. The van der Waals surface area contributed by atoms with Crippen molar-refractivity contribution in [3.05, 3.63) is 133 Å². The van der Waals surface area contributed by atoms with Crippen LogP contribution in [0.3, 0.4) is 0 Å². The highest BCUT2D eigenvalue weighted by molar-refractivity contribution is 6.35. The van der Waals surface area contributed by atoms with Gasteiger partial charge in [0.25, 0.3) is 0 Å². The minimum atomic E-state index is -4.40. The summed E-state index contributed by atoms with van der Waals surface area (Å²) >= 11 is 28.9. The molecule has 5 aromatic rings. The summed E-state index contributed by atoms with van der Waals surface area (Å²) in [4.78, 5) is 35.3. The van der Waals surface area contributed by atoms with Crippen LogP contribution in [-0.4, -0.2) is 40.0 Å². The number of nitrogens with one attached hydrogen (secondary N) is 6. The predicted octanol–water partition coefficient (Wildman–Crippen LogP) is 13.1. The number of carbonyl (C=O) groups excluding carboxylic acids is 3. The summed E-state index contributed by atoms with van der Waals surface area (Å²) in [6.45, 7) is 0.721. The molecule has 0 saturated heterocycles. The highest BCUT2D eigenvalue weighted by Crippen LogP contribution is 2.34. The van der Waals surface area contributed by atoms with Gasteiger partial charge in [-0.2, -0.15) is 13.2 Å². The van der Waals surface area contributed by atoms with E-state index in [1.54, 1.807) is 48.5 Å². The van der Waals surface area contributed by atoms with Crippen LogP contribution in [0.25, 0.3) is 0 Å². The van der Waals surface area contributed by atoms with Gasteiger partial charge >= 0.3 is 24.3 Å². The Kier molecular flexibility index (Phi) is 18.8. The van der Waals surface area contributed by atoms with Gasteiger partial charge in [-0.25, -0.2) is 14.4 Å². The highest BCUT2D eigenvalue weighted by atomic mass is 35.5. The summed E-state index contributed by atoms with van der Waals surface area (Å²) in [5.74, 6) is 0.0109. The van der Waals surface area contributed by atoms with Gasteiger partial charge in [0.05, 0.1) is 37.7 Å². The number of phenols is 3. The van der Waals surface area contributed by atoms with Gasteiger partial charge in [0.2, 0.25) is 0 Å². The van der Waals surface area contributed by atoms with Crippen LogP contribution in [0.15, 0.2) is 97.1 Å². The number of aromatic hydroxyl groups is 3. The first-order valence-electron chi connectivity index (χ1n) is 18.6. The summed E-state index contributed by atoms with van der Waals surface area (Å²) in [6.07, 6.45) is 1.78. The number of amides is 6. The molecule has 1 aliphatic rings. The number of urea groups is 3. The second kappa shape index (κ2) is 23.7. The van der Waals surface area contributed by atoms with Crippen molar-refractivity contribution in [3.63, 3.8) is 0 Å². The van der Waals surface area contributed by atoms with E-state index in [4.69, 9.17) is 58.0 Å². The zero-order chi connectivity index (χ0) is 45.4. The molecule has 330 valence electrons. The number of carbonyl (C=O) groups is 3. The van der Waals surface area contributed by atoms with E-state index in [0.29, 0.717) is 39.4 Å². The van der Waals surface area contributed by atoms with Crippen LogP contribution in [0.4, 0.5) is 50.3 Å². The molecule has 0 bridgehead atoms. The number of alkyl halides is 3. The van der Waals surface area contributed by atoms with Crippen molar-refractivity contribution in [2.24, 2.45) is 5.92 Å². The topological polar surface area (TPSA) is 184 Å². The Balaban J connectivity index is 0.000000205. The quantitative estimate of drug-likeness (QED) is 0.0697. The maximum Gasteiger partial charge on any atom is 0.416 e. The summed E-state index contributed by atoms with van der Waals surface area (Å²) in [7, 11) is 0. The molecule has 0 spiro atoms. The predicted molar refractivity (Wildman–Crippen MR) is 239 cm³/mol. The van der Waals surface area contributed by atoms with E-state index < -0.39 is 23.8 Å². The van der Waals surface area contributed by atoms with Crippen LogP contribution < -0.4 is 31.9 Å². The Hall–Kier alpha value is -5.45. The molecule has 0 heterocycles. The number of phenolic OH excluding ortho intramolecular Hbond substituents is 3. The van der Waals surface area contributed by atoms with Crippen molar-refractivity contribution in [2.45, 2.75) is 44.8 Å². The molecule has 62 heavy (non-hydrogen) atoms. The average molecular weight is 959 g/mol. The number of halogens is 8. The second-order valence-electron chi connectivity index (χ2n) is 13.5. The van der Waals surface area contributed by atoms with Crippen LogP contribution in [0.2, 0.25) is 25.1 Å². The lowest BCUT2D eigenvalue weighted by Crippen LogP contribution is -2.33. The van der Waals surface area contributed by atoms with E-state index in [2.05, 4.69) is 31.9 Å². The number of anilines is 4. The van der Waals surface area contributed by atoms with Crippen molar-refractivity contribution >= 4 is 98.8 Å². The summed E-state index contributed by atoms with van der Waals surface area (Å²) in [6, 6.07) is 21.6. The third kappa shape index (κ3) is 16.1. The third-order valence-corrected chi connectivity index (χ3v) is 10.2. The zero-order valence-corrected chi connectivity index (χ0v) is 36.1. The van der Waals surface area contributed by atoms with E-state index in [-0.39, 0.29) is 56.3 Å². The number of para-hydroxylation sites is 3. The van der Waals surface area contributed by atoms with Gasteiger partial charge in [-0.1, -0.05) is 108 Å². The van der Waals surface area contributed by atoms with E-state index in [1.807, 2.05) is 0 Å². The molecule has 0 radical (unpaired) electrons. The molecule has 20 heteroatoms. The fourth-order valence-corrected chi connectivity index (χ4v) is 6.76. The van der Waals surface area contributed by atoms with Crippen molar-refractivity contribution in [1.82, 2.24) is 10.6 Å². The number of benzene rings is 5. The smallest absolute Gasteiger partial charge is 0.416 e. The molecule has 0 aromatic heterocycles. The van der Waals surface area contributed by atoms with Gasteiger partial charge in [-0.15, -0.1) is 0 Å². The van der Waals surface area contributed by atoms with E-state index in [0.717, 1.165) is 12.1 Å². The molecule has 1 aliphatic carbocycles. The molecule has 5 aromatic carbocycles. The number of rotatable bonds is 8. The molecule has 6 amide bonds. The van der Waals surface area contributed by atoms with Crippen molar-refractivity contribution in [2.75, 3.05) is 27.8 Å². The van der Waals surface area contributed by atoms with Gasteiger partial charge in [-0.05, 0) is 91.1 Å². The summed E-state index contributed by atoms with van der Waals surface area (Å²) in [5, 5.41) is 45.6. The average Bonchev–Trinajstić information content (AvgIpc) is 3.22. The normalized spacial score (nSPS) is 12.3. The van der Waals surface area contributed by atoms with Crippen molar-refractivity contribution < 1.29 is 42.9 Å². The molecular formula is C42H40Cl5F3N6O6. The standard InChI is InChI=1S/C15H12ClF3N2O2.C14H19ClN2O2.C13H9Cl3N2O2/c16-11-2-1-3-12(13(11)22)21-14(23)20-8-9-4-6-10(7-5-9)15(17,18)19;15-11-7-4-8-12(13(11)18)17-14(19)16-9-10-5-2-1-3-6-10;14-7-4-8(15)6-9(5-7)17-13(20)18-11-3-1-2-10(16)12(11)19/h1-7,22H,8H2,(H2,20,21,23);4,7-8,10,18H,1-3,5-6,9H2,(H2,16,17,19);1-6,19H,(H2,17,18,20). The Labute approximate surface area is 379 Å². The Morgan fingerprint density at radius 2 is 1.00 bits per heavy atom. The van der Waals surface area contributed by atoms with Gasteiger partial charge in [0.15, 0.2) is 17.2 Å². The monoisotopic (exact) mass is 956 g/mol. The third-order valence-electron chi connectivity index (χ3n) is 8.84. The minimum absolute atomic E-state index is 0.0330. The van der Waals surface area contributed by atoms with Crippen LogP contribution in [0.1, 0.15) is 43.2 Å². The first kappa shape index (κ1) is 49.2. The number of hydrogen-bond acceptors (Lipinski definition) is 6. The summed E-state index contributed by atoms with van der Waals surface area (Å²) in [5.41, 5.74) is 0.832. The van der Waals surface area contributed by atoms with Gasteiger partial charge in [0, 0.05) is 28.8 Å². The van der Waals surface area contributed by atoms with Gasteiger partial charge < -0.3 is 47.2 Å². The minimum Gasteiger partial charge on any atom is -0.504 e. The fourth-order valence-electron chi connectivity index (χ4n) is 5.71. The van der Waals surface area contributed by atoms with Crippen molar-refractivity contribution in [1.29, 1.82) is 0 Å². The molecule has 6 rings (SSSR count). The lowest BCUT2D eigenvalue weighted by atomic mass is 9.89. The van der Waals surface area contributed by atoms with Gasteiger partial charge in [0.1, 0.15) is 0 Å². The summed E-state index contributed by atoms with van der Waals surface area (Å²) < 4.78 is 37.3. The SMILES string of the molecule is O=C(NCC1CCCCC1)Nc1cccc(Cl)c1O.O=C(NCc1ccc(C(F)(F)F)cc1)Nc1cccc(Cl)c1O.O=C(Nc1cc(Cl)cc(Cl)c1)Nc1cccc(Cl)c1O. The van der Waals surface area contributed by atoms with Crippen LogP contribution in [0.5, 0.6) is 17.2 Å². The molecule has 0 unspecified atom stereocenters. The molecule has 1 fully saturated rings. The maximum absolute atomic E-state index is 12.4. The van der Waals surface area contributed by atoms with E-state index in [1.165, 1.54) is 68.5 Å². The van der Waals surface area contributed by atoms with Crippen LogP contribution in [0, 0.1) is 5.92 Å². The number of hydrogen-bond donors (Lipinski definition) is 9. The molecule has 9 N–H and O–H groups in total. The maximum atomic E-state index is 12.4. The lowest BCUT2D eigenvalue weighted by molar-refractivity contribution is -0.137. The molecule has 0 atom stereocenters. The highest BCUT2D eigenvalue weighted by Gasteiger charge is 2.30. The molecule has 0 aliphatic heterocycles. The second-order valence-corrected chi connectivity index (χ2v) is 15.6. The first-order valence-corrected chi connectivity index (χ1v) is 20.5.